The number of nitrogens with one attached hydrogen (secondary N) is 1. The Labute approximate surface area is 202 Å². The van der Waals surface area contributed by atoms with Gasteiger partial charge in [0, 0.05) is 50.0 Å². The van der Waals surface area contributed by atoms with Gasteiger partial charge in [0.05, 0.1) is 7.11 Å². The molecule has 1 aliphatic carbocycles. The molecule has 6 rings (SSSR count). The van der Waals surface area contributed by atoms with Gasteiger partial charge in [-0.1, -0.05) is 0 Å². The number of methoxy groups -OCH3 is 1. The molecule has 11 heteroatoms. The molecule has 2 aliphatic heterocycles. The van der Waals surface area contributed by atoms with Crippen molar-refractivity contribution in [3.05, 3.63) is 42.2 Å². The predicted molar refractivity (Wildman–Crippen MR) is 127 cm³/mol. The largest absolute Gasteiger partial charge is 0.481 e. The lowest BCUT2D eigenvalue weighted by molar-refractivity contribution is 0.372. The molecule has 2 bridgehead atoms. The molecular weight excluding hydrogens is 454 g/mol. The number of hydrogen-bond acceptors (Lipinski definition) is 8. The lowest BCUT2D eigenvalue weighted by atomic mass is 9.92. The van der Waals surface area contributed by atoms with Gasteiger partial charge in [-0.15, -0.1) is 5.10 Å². The quantitative estimate of drug-likeness (QED) is 0.591. The fourth-order valence-electron chi connectivity index (χ4n) is 5.68. The zero-order chi connectivity index (χ0) is 23.9. The fourth-order valence-corrected chi connectivity index (χ4v) is 5.68. The molecule has 2 aromatic heterocycles. The minimum Gasteiger partial charge on any atom is -0.481 e. The Bertz CT molecular complexity index is 1210. The van der Waals surface area contributed by atoms with Crippen molar-refractivity contribution in [2.45, 2.75) is 38.3 Å². The zero-order valence-electron chi connectivity index (χ0n) is 19.6. The van der Waals surface area contributed by atoms with Gasteiger partial charge < -0.3 is 19.9 Å². The molecule has 1 N–H and O–H groups in total. The van der Waals surface area contributed by atoms with Gasteiger partial charge in [-0.3, -0.25) is 0 Å². The van der Waals surface area contributed by atoms with E-state index in [9.17, 15) is 8.78 Å². The van der Waals surface area contributed by atoms with E-state index in [4.69, 9.17) is 14.8 Å². The van der Waals surface area contributed by atoms with E-state index in [-0.39, 0.29) is 6.04 Å². The summed E-state index contributed by atoms with van der Waals surface area (Å²) in [6.45, 7) is 3.20. The molecule has 9 nitrogen and oxygen atoms in total. The normalized spacial score (nSPS) is 23.7. The van der Waals surface area contributed by atoms with E-state index in [1.807, 2.05) is 15.6 Å². The smallest absolute Gasteiger partial charge is 0.244 e. The maximum Gasteiger partial charge on any atom is 0.244 e. The molecule has 3 aliphatic rings. The summed E-state index contributed by atoms with van der Waals surface area (Å²) in [5.41, 5.74) is 0.583. The molecule has 0 spiro atoms. The number of nitrogens with zero attached hydrogens (tertiary/aromatic N) is 7. The third-order valence-corrected chi connectivity index (χ3v) is 7.40. The maximum atomic E-state index is 13.9. The van der Waals surface area contributed by atoms with Crippen LogP contribution in [0.15, 0.2) is 30.6 Å². The molecule has 3 atom stereocenters. The van der Waals surface area contributed by atoms with E-state index in [2.05, 4.69) is 20.2 Å². The second-order valence-electron chi connectivity index (χ2n) is 9.51. The van der Waals surface area contributed by atoms with Crippen molar-refractivity contribution >= 4 is 23.4 Å². The first-order chi connectivity index (χ1) is 17.1. The molecule has 1 saturated heterocycles. The molecule has 2 fully saturated rings. The number of piperidine rings is 1. The summed E-state index contributed by atoms with van der Waals surface area (Å²) in [5, 5.41) is 8.37. The number of aromatic nitrogens is 5. The summed E-state index contributed by atoms with van der Waals surface area (Å²) in [5.74, 6) is 1.89. The zero-order valence-corrected chi connectivity index (χ0v) is 19.6. The molecular formula is C24H28F2N8O. The van der Waals surface area contributed by atoms with Crippen molar-refractivity contribution in [1.29, 1.82) is 0 Å². The highest BCUT2D eigenvalue weighted by molar-refractivity contribution is 5.59. The number of benzene rings is 1. The van der Waals surface area contributed by atoms with Crippen LogP contribution in [0.5, 0.6) is 5.88 Å². The Morgan fingerprint density at radius 2 is 1.80 bits per heavy atom. The van der Waals surface area contributed by atoms with Crippen LogP contribution in [0.4, 0.5) is 32.2 Å². The van der Waals surface area contributed by atoms with Gasteiger partial charge in [0.25, 0.3) is 0 Å². The number of hydrogen-bond donors (Lipinski definition) is 1. The van der Waals surface area contributed by atoms with E-state index in [1.54, 1.807) is 19.5 Å². The van der Waals surface area contributed by atoms with E-state index < -0.39 is 11.6 Å². The lowest BCUT2D eigenvalue weighted by Crippen LogP contribution is -2.48. The van der Waals surface area contributed by atoms with Crippen LogP contribution in [0.1, 0.15) is 25.7 Å². The van der Waals surface area contributed by atoms with Crippen molar-refractivity contribution in [2.75, 3.05) is 41.9 Å². The van der Waals surface area contributed by atoms with Gasteiger partial charge in [-0.2, -0.15) is 4.98 Å². The van der Waals surface area contributed by atoms with Crippen molar-refractivity contribution in [3.63, 3.8) is 0 Å². The van der Waals surface area contributed by atoms with Gasteiger partial charge in [-0.05, 0) is 49.7 Å². The molecule has 0 amide bonds. The molecule has 3 aromatic rings. The van der Waals surface area contributed by atoms with Crippen molar-refractivity contribution < 1.29 is 13.5 Å². The average molecular weight is 483 g/mol. The SMILES string of the molecule is COc1cc(N2CC3CC[C@@H](C2)[C@@H]3Nc2nc3n(n2)CCCCN3c2ccc(F)c(F)c2)ncn1. The minimum absolute atomic E-state index is 0.276. The van der Waals surface area contributed by atoms with Crippen LogP contribution in [0.3, 0.4) is 0 Å². The summed E-state index contributed by atoms with van der Waals surface area (Å²) in [7, 11) is 1.61. The highest BCUT2D eigenvalue weighted by Gasteiger charge is 2.43. The van der Waals surface area contributed by atoms with E-state index in [1.165, 1.54) is 6.07 Å². The van der Waals surface area contributed by atoms with Crippen molar-refractivity contribution in [3.8, 4) is 5.88 Å². The number of anilines is 4. The van der Waals surface area contributed by atoms with Crippen molar-refractivity contribution in [1.82, 2.24) is 24.7 Å². The Hall–Kier alpha value is -3.50. The summed E-state index contributed by atoms with van der Waals surface area (Å²) in [6, 6.07) is 6.14. The summed E-state index contributed by atoms with van der Waals surface area (Å²) in [4.78, 5) is 17.6. The molecule has 0 radical (unpaired) electrons. The first-order valence-corrected chi connectivity index (χ1v) is 12.1. The number of halogens is 2. The standard InChI is InChI=1S/C24H28F2N8O/c1-35-21-11-20(27-14-28-21)32-12-15-4-5-16(13-32)22(15)29-23-30-24-33(8-2-3-9-34(24)31-23)17-6-7-18(25)19(26)10-17/h6-7,10-11,14-16,22H,2-5,8-9,12-13H2,1H3,(H,29,31)/t15-,16?,22-/m0/s1. The molecule has 1 aromatic carbocycles. The third kappa shape index (κ3) is 4.12. The number of fused-ring (bicyclic) bond motifs is 3. The third-order valence-electron chi connectivity index (χ3n) is 7.40. The monoisotopic (exact) mass is 482 g/mol. The lowest BCUT2D eigenvalue weighted by Gasteiger charge is -2.38. The topological polar surface area (TPSA) is 84.2 Å². The molecule has 1 saturated carbocycles. The van der Waals surface area contributed by atoms with Gasteiger partial charge in [0.15, 0.2) is 11.6 Å². The fraction of sp³-hybridized carbons (Fsp3) is 0.500. The minimum atomic E-state index is -0.860. The van der Waals surface area contributed by atoms with Crippen LogP contribution in [-0.2, 0) is 6.54 Å². The maximum absolute atomic E-state index is 13.9. The predicted octanol–water partition coefficient (Wildman–Crippen LogP) is 3.61. The molecule has 4 heterocycles. The summed E-state index contributed by atoms with van der Waals surface area (Å²) >= 11 is 0. The van der Waals surface area contributed by atoms with Crippen LogP contribution >= 0.6 is 0 Å². The van der Waals surface area contributed by atoms with E-state index in [0.717, 1.165) is 57.2 Å². The second kappa shape index (κ2) is 8.94. The highest BCUT2D eigenvalue weighted by Crippen LogP contribution is 2.40. The Kier molecular flexibility index (Phi) is 5.62. The van der Waals surface area contributed by atoms with Crippen molar-refractivity contribution in [2.24, 2.45) is 11.8 Å². The summed E-state index contributed by atoms with van der Waals surface area (Å²) in [6.07, 6.45) is 5.68. The van der Waals surface area contributed by atoms with Crippen LogP contribution in [0.25, 0.3) is 0 Å². The van der Waals surface area contributed by atoms with Gasteiger partial charge >= 0.3 is 0 Å². The van der Waals surface area contributed by atoms with Crippen LogP contribution < -0.4 is 19.9 Å². The first kappa shape index (κ1) is 22.0. The van der Waals surface area contributed by atoms with E-state index >= 15 is 0 Å². The Morgan fingerprint density at radius 1 is 1.00 bits per heavy atom. The van der Waals surface area contributed by atoms with Gasteiger partial charge in [-0.25, -0.2) is 23.4 Å². The second-order valence-corrected chi connectivity index (χ2v) is 9.51. The van der Waals surface area contributed by atoms with Crippen LogP contribution in [0.2, 0.25) is 0 Å². The Morgan fingerprint density at radius 3 is 2.57 bits per heavy atom. The number of rotatable bonds is 5. The first-order valence-electron chi connectivity index (χ1n) is 12.1. The number of aryl methyl sites for hydroxylation is 1. The molecule has 35 heavy (non-hydrogen) atoms. The van der Waals surface area contributed by atoms with Crippen LogP contribution in [0, 0.1) is 23.5 Å². The van der Waals surface area contributed by atoms with Gasteiger partial charge in [0.1, 0.15) is 12.1 Å². The average Bonchev–Trinajstić information content (AvgIpc) is 3.27. The van der Waals surface area contributed by atoms with Crippen LogP contribution in [-0.4, -0.2) is 57.5 Å². The molecule has 184 valence electrons. The summed E-state index contributed by atoms with van der Waals surface area (Å²) < 4.78 is 34.6. The highest BCUT2D eigenvalue weighted by atomic mass is 19.2. The van der Waals surface area contributed by atoms with E-state index in [0.29, 0.717) is 41.8 Å². The molecule has 1 unspecified atom stereocenters. The van der Waals surface area contributed by atoms with Gasteiger partial charge in [0.2, 0.25) is 17.8 Å². The number of ether oxygens (including phenoxy) is 1. The Balaban J connectivity index is 1.21.